The van der Waals surface area contributed by atoms with Crippen LogP contribution in [-0.4, -0.2) is 0 Å². The van der Waals surface area contributed by atoms with Crippen molar-refractivity contribution >= 4 is 11.6 Å². The van der Waals surface area contributed by atoms with Crippen molar-refractivity contribution < 1.29 is 0 Å². The predicted octanol–water partition coefficient (Wildman–Crippen LogP) is 4.43. The lowest BCUT2D eigenvalue weighted by Crippen LogP contribution is -1.69. The van der Waals surface area contributed by atoms with Crippen LogP contribution in [0.5, 0.6) is 0 Å². The van der Waals surface area contributed by atoms with Crippen LogP contribution in [0.15, 0.2) is 35.9 Å². The zero-order valence-corrected chi connectivity index (χ0v) is 8.43. The molecular weight excluding hydrogens is 168 g/mol. The fraction of sp³-hybridized carbons (Fsp3) is 0.455. The molecule has 1 heteroatoms. The standard InChI is InChI=1S/C11H17Cl/c1-2-3-4-5-6-7-8-9-10-11-12/h6-11H,2-5H2,1H3/b7-6+,9-8+,11-10+. The lowest BCUT2D eigenvalue weighted by molar-refractivity contribution is 0.729. The monoisotopic (exact) mass is 184 g/mol. The summed E-state index contributed by atoms with van der Waals surface area (Å²) in [7, 11) is 0. The molecule has 0 N–H and O–H groups in total. The minimum atomic E-state index is 1.18. The van der Waals surface area contributed by atoms with Crippen LogP contribution in [0.1, 0.15) is 32.6 Å². The van der Waals surface area contributed by atoms with Gasteiger partial charge in [0.25, 0.3) is 0 Å². The van der Waals surface area contributed by atoms with Gasteiger partial charge in [-0.1, -0.05) is 61.7 Å². The largest absolute Gasteiger partial charge is 0.0930 e. The van der Waals surface area contributed by atoms with E-state index < -0.39 is 0 Å². The molecule has 0 spiro atoms. The number of halogens is 1. The van der Waals surface area contributed by atoms with Crippen LogP contribution in [0, 0.1) is 0 Å². The van der Waals surface area contributed by atoms with Gasteiger partial charge in [-0.25, -0.2) is 0 Å². The zero-order chi connectivity index (χ0) is 9.07. The van der Waals surface area contributed by atoms with Crippen molar-refractivity contribution in [2.24, 2.45) is 0 Å². The molecule has 0 saturated heterocycles. The maximum absolute atomic E-state index is 5.33. The smallest absolute Gasteiger partial charge is 0.00424 e. The highest BCUT2D eigenvalue weighted by atomic mass is 35.5. The summed E-state index contributed by atoms with van der Waals surface area (Å²) in [6.45, 7) is 2.22. The van der Waals surface area contributed by atoms with E-state index in [-0.39, 0.29) is 0 Å². The van der Waals surface area contributed by atoms with Gasteiger partial charge in [-0.2, -0.15) is 0 Å². The molecule has 0 aromatic carbocycles. The molecule has 12 heavy (non-hydrogen) atoms. The Morgan fingerprint density at radius 3 is 2.42 bits per heavy atom. The third-order valence-corrected chi connectivity index (χ3v) is 1.66. The summed E-state index contributed by atoms with van der Waals surface area (Å²) in [4.78, 5) is 0. The van der Waals surface area contributed by atoms with E-state index >= 15 is 0 Å². The first-order valence-electron chi connectivity index (χ1n) is 4.50. The van der Waals surface area contributed by atoms with Gasteiger partial charge in [-0.05, 0) is 12.8 Å². The number of unbranched alkanes of at least 4 members (excludes halogenated alkanes) is 3. The molecule has 0 aliphatic heterocycles. The third-order valence-electron chi connectivity index (χ3n) is 1.52. The molecule has 0 atom stereocenters. The predicted molar refractivity (Wildman–Crippen MR) is 57.4 cm³/mol. The lowest BCUT2D eigenvalue weighted by atomic mass is 10.2. The first-order valence-corrected chi connectivity index (χ1v) is 4.94. The highest BCUT2D eigenvalue weighted by Gasteiger charge is 1.79. The van der Waals surface area contributed by atoms with Gasteiger partial charge in [0.1, 0.15) is 0 Å². The van der Waals surface area contributed by atoms with E-state index in [1.54, 1.807) is 6.08 Å². The van der Waals surface area contributed by atoms with Gasteiger partial charge >= 0.3 is 0 Å². The van der Waals surface area contributed by atoms with Gasteiger partial charge in [0, 0.05) is 5.54 Å². The van der Waals surface area contributed by atoms with E-state index in [1.165, 1.54) is 31.2 Å². The normalized spacial score (nSPS) is 12.5. The van der Waals surface area contributed by atoms with E-state index in [1.807, 2.05) is 12.2 Å². The molecule has 0 aromatic heterocycles. The Labute approximate surface area is 80.6 Å². The molecule has 0 fully saturated rings. The Balaban J connectivity index is 3.24. The Bertz CT molecular complexity index is 154. The molecule has 0 aromatic rings. The molecule has 0 aliphatic carbocycles. The maximum atomic E-state index is 5.33. The molecular formula is C11H17Cl. The topological polar surface area (TPSA) is 0 Å². The van der Waals surface area contributed by atoms with Crippen LogP contribution in [0.4, 0.5) is 0 Å². The van der Waals surface area contributed by atoms with Crippen LogP contribution >= 0.6 is 11.6 Å². The van der Waals surface area contributed by atoms with Gasteiger partial charge in [-0.15, -0.1) is 0 Å². The second-order valence-electron chi connectivity index (χ2n) is 2.63. The van der Waals surface area contributed by atoms with Gasteiger partial charge < -0.3 is 0 Å². The van der Waals surface area contributed by atoms with Crippen molar-refractivity contribution in [2.75, 3.05) is 0 Å². The fourth-order valence-corrected chi connectivity index (χ4v) is 0.941. The zero-order valence-electron chi connectivity index (χ0n) is 7.67. The number of hydrogen-bond acceptors (Lipinski definition) is 0. The Kier molecular flexibility index (Phi) is 10.1. The van der Waals surface area contributed by atoms with E-state index in [4.69, 9.17) is 11.6 Å². The molecule has 0 radical (unpaired) electrons. The molecule has 0 unspecified atom stereocenters. The minimum Gasteiger partial charge on any atom is -0.0930 e. The van der Waals surface area contributed by atoms with Crippen molar-refractivity contribution in [1.29, 1.82) is 0 Å². The van der Waals surface area contributed by atoms with Crippen molar-refractivity contribution in [1.82, 2.24) is 0 Å². The summed E-state index contributed by atoms with van der Waals surface area (Å²) in [5, 5.41) is 0. The number of rotatable bonds is 6. The average Bonchev–Trinajstić information content (AvgIpc) is 2.10. The Morgan fingerprint density at radius 2 is 1.75 bits per heavy atom. The second-order valence-corrected chi connectivity index (χ2v) is 2.88. The van der Waals surface area contributed by atoms with Crippen molar-refractivity contribution in [2.45, 2.75) is 32.6 Å². The van der Waals surface area contributed by atoms with Crippen LogP contribution in [-0.2, 0) is 0 Å². The minimum absolute atomic E-state index is 1.18. The van der Waals surface area contributed by atoms with Crippen LogP contribution in [0.3, 0.4) is 0 Å². The van der Waals surface area contributed by atoms with E-state index in [0.29, 0.717) is 0 Å². The number of allylic oxidation sites excluding steroid dienone is 5. The van der Waals surface area contributed by atoms with Gasteiger partial charge in [0.2, 0.25) is 0 Å². The van der Waals surface area contributed by atoms with Crippen molar-refractivity contribution in [3.63, 3.8) is 0 Å². The highest BCUT2D eigenvalue weighted by Crippen LogP contribution is 1.99. The summed E-state index contributed by atoms with van der Waals surface area (Å²) in [5.41, 5.74) is 1.50. The van der Waals surface area contributed by atoms with Crippen LogP contribution in [0.2, 0.25) is 0 Å². The van der Waals surface area contributed by atoms with E-state index in [0.717, 1.165) is 0 Å². The fourth-order valence-electron chi connectivity index (χ4n) is 0.857. The number of hydrogen-bond donors (Lipinski definition) is 0. The highest BCUT2D eigenvalue weighted by molar-refractivity contribution is 6.25. The molecule has 0 nitrogen and oxygen atoms in total. The molecule has 68 valence electrons. The molecule has 0 saturated carbocycles. The maximum Gasteiger partial charge on any atom is 0.00424 e. The van der Waals surface area contributed by atoms with Crippen LogP contribution < -0.4 is 0 Å². The quantitative estimate of drug-likeness (QED) is 0.423. The summed E-state index contributed by atoms with van der Waals surface area (Å²) >= 11 is 5.33. The lowest BCUT2D eigenvalue weighted by Gasteiger charge is -1.89. The Morgan fingerprint density at radius 1 is 1.00 bits per heavy atom. The van der Waals surface area contributed by atoms with E-state index in [2.05, 4.69) is 19.1 Å². The molecule has 0 amide bonds. The second kappa shape index (κ2) is 10.5. The van der Waals surface area contributed by atoms with Crippen molar-refractivity contribution in [3.8, 4) is 0 Å². The summed E-state index contributed by atoms with van der Waals surface area (Å²) < 4.78 is 0. The van der Waals surface area contributed by atoms with E-state index in [9.17, 15) is 0 Å². The first-order chi connectivity index (χ1) is 5.91. The molecule has 0 rings (SSSR count). The molecule has 0 aliphatic rings. The van der Waals surface area contributed by atoms with Crippen LogP contribution in [0.25, 0.3) is 0 Å². The third kappa shape index (κ3) is 9.51. The first kappa shape index (κ1) is 11.5. The molecule has 0 bridgehead atoms. The SMILES string of the molecule is CCCCC/C=C/C=C/C=C/Cl. The van der Waals surface area contributed by atoms with Gasteiger partial charge in [0.15, 0.2) is 0 Å². The summed E-state index contributed by atoms with van der Waals surface area (Å²) in [6, 6.07) is 0. The van der Waals surface area contributed by atoms with Gasteiger partial charge in [-0.3, -0.25) is 0 Å². The summed E-state index contributed by atoms with van der Waals surface area (Å²) in [5.74, 6) is 0. The van der Waals surface area contributed by atoms with Crippen molar-refractivity contribution in [3.05, 3.63) is 35.9 Å². The average molecular weight is 185 g/mol. The Hall–Kier alpha value is -0.490. The van der Waals surface area contributed by atoms with Gasteiger partial charge in [0.05, 0.1) is 0 Å². The summed E-state index contributed by atoms with van der Waals surface area (Å²) in [6.07, 6.45) is 15.1. The molecule has 0 heterocycles.